The lowest BCUT2D eigenvalue weighted by atomic mass is 10.1. The van der Waals surface area contributed by atoms with Crippen molar-refractivity contribution in [3.63, 3.8) is 0 Å². The second kappa shape index (κ2) is 7.38. The Morgan fingerprint density at radius 1 is 1.10 bits per heavy atom. The minimum atomic E-state index is -2.98. The van der Waals surface area contributed by atoms with E-state index in [0.717, 1.165) is 5.39 Å². The number of methoxy groups -OCH3 is 1. The molecular formula is C21H16F2N2O4. The van der Waals surface area contributed by atoms with Gasteiger partial charge in [-0.1, -0.05) is 12.1 Å². The predicted molar refractivity (Wildman–Crippen MR) is 104 cm³/mol. The molecule has 4 rings (SSSR count). The fourth-order valence-corrected chi connectivity index (χ4v) is 3.22. The summed E-state index contributed by atoms with van der Waals surface area (Å²) in [6, 6.07) is 11.5. The van der Waals surface area contributed by atoms with Crippen LogP contribution >= 0.6 is 0 Å². The van der Waals surface area contributed by atoms with Gasteiger partial charge in [0, 0.05) is 22.5 Å². The molecule has 0 aliphatic heterocycles. The average molecular weight is 398 g/mol. The maximum absolute atomic E-state index is 12.9. The summed E-state index contributed by atoms with van der Waals surface area (Å²) < 4.78 is 40.9. The fourth-order valence-electron chi connectivity index (χ4n) is 3.22. The first kappa shape index (κ1) is 18.7. The number of rotatable bonds is 5. The lowest BCUT2D eigenvalue weighted by Gasteiger charge is -2.11. The average Bonchev–Trinajstić information content (AvgIpc) is 3.06. The Morgan fingerprint density at radius 2 is 1.90 bits per heavy atom. The van der Waals surface area contributed by atoms with Gasteiger partial charge < -0.3 is 19.2 Å². The maximum atomic E-state index is 12.9. The number of halogens is 2. The second-order valence-electron chi connectivity index (χ2n) is 6.24. The summed E-state index contributed by atoms with van der Waals surface area (Å²) in [7, 11) is 1.52. The zero-order valence-electron chi connectivity index (χ0n) is 15.5. The van der Waals surface area contributed by atoms with Crippen molar-refractivity contribution in [1.29, 1.82) is 0 Å². The highest BCUT2D eigenvalue weighted by molar-refractivity contribution is 6.10. The van der Waals surface area contributed by atoms with E-state index in [0.29, 0.717) is 28.0 Å². The van der Waals surface area contributed by atoms with E-state index in [2.05, 4.69) is 15.0 Å². The van der Waals surface area contributed by atoms with Crippen LogP contribution in [0.1, 0.15) is 16.1 Å². The Hall–Kier alpha value is -3.68. The molecule has 0 aliphatic carbocycles. The van der Waals surface area contributed by atoms with Crippen LogP contribution in [0.2, 0.25) is 0 Å². The molecule has 0 atom stereocenters. The topological polar surface area (TPSA) is 73.6 Å². The zero-order chi connectivity index (χ0) is 20.5. The Kier molecular flexibility index (Phi) is 4.75. The first-order valence-corrected chi connectivity index (χ1v) is 8.69. The number of carbonyl (C=O) groups excluding carboxylic acids is 1. The summed E-state index contributed by atoms with van der Waals surface area (Å²) in [5.41, 5.74) is 1.75. The first-order valence-electron chi connectivity index (χ1n) is 8.69. The molecule has 2 aromatic carbocycles. The van der Waals surface area contributed by atoms with Crippen LogP contribution < -0.4 is 14.8 Å². The summed E-state index contributed by atoms with van der Waals surface area (Å²) in [5, 5.41) is 3.99. The highest BCUT2D eigenvalue weighted by Crippen LogP contribution is 2.34. The van der Waals surface area contributed by atoms with E-state index in [1.165, 1.54) is 25.4 Å². The van der Waals surface area contributed by atoms with E-state index < -0.39 is 12.5 Å². The van der Waals surface area contributed by atoms with Crippen LogP contribution in [0, 0.1) is 6.92 Å². The fraction of sp³-hybridized carbons (Fsp3) is 0.143. The molecule has 4 aromatic rings. The van der Waals surface area contributed by atoms with Gasteiger partial charge in [-0.25, -0.2) is 0 Å². The van der Waals surface area contributed by atoms with Crippen molar-refractivity contribution in [3.05, 3.63) is 60.0 Å². The Bertz CT molecular complexity index is 1220. The molecule has 2 aromatic heterocycles. The van der Waals surface area contributed by atoms with Crippen molar-refractivity contribution < 1.29 is 27.5 Å². The number of furan rings is 1. The summed E-state index contributed by atoms with van der Waals surface area (Å²) in [4.78, 5) is 17.0. The number of nitrogens with one attached hydrogen (secondary N) is 1. The third-order valence-corrected chi connectivity index (χ3v) is 4.55. The van der Waals surface area contributed by atoms with Crippen LogP contribution in [-0.2, 0) is 0 Å². The molecule has 29 heavy (non-hydrogen) atoms. The van der Waals surface area contributed by atoms with Gasteiger partial charge in [-0.05, 0) is 37.3 Å². The molecular weight excluding hydrogens is 382 g/mol. The Balaban J connectivity index is 1.73. The number of ether oxygens (including phenoxy) is 2. The van der Waals surface area contributed by atoms with Gasteiger partial charge in [0.05, 0.1) is 12.8 Å². The summed E-state index contributed by atoms with van der Waals surface area (Å²) in [5.74, 6) is 0.105. The normalized spacial score (nSPS) is 11.2. The number of fused-ring (bicyclic) bond motifs is 2. The summed E-state index contributed by atoms with van der Waals surface area (Å²) >= 11 is 0. The molecule has 0 fully saturated rings. The van der Waals surface area contributed by atoms with Gasteiger partial charge >= 0.3 is 6.61 Å². The molecule has 1 N–H and O–H groups in total. The van der Waals surface area contributed by atoms with Crippen LogP contribution in [0.3, 0.4) is 0 Å². The number of aryl methyl sites for hydroxylation is 1. The van der Waals surface area contributed by atoms with Crippen molar-refractivity contribution in [3.8, 4) is 11.5 Å². The van der Waals surface area contributed by atoms with Gasteiger partial charge in [0.1, 0.15) is 5.52 Å². The number of hydrogen-bond donors (Lipinski definition) is 1. The molecule has 0 radical (unpaired) electrons. The maximum Gasteiger partial charge on any atom is 0.387 e. The quantitative estimate of drug-likeness (QED) is 0.503. The molecule has 0 unspecified atom stereocenters. The number of hydrogen-bond acceptors (Lipinski definition) is 5. The van der Waals surface area contributed by atoms with Gasteiger partial charge in [-0.3, -0.25) is 9.78 Å². The van der Waals surface area contributed by atoms with Crippen molar-refractivity contribution in [1.82, 2.24) is 4.98 Å². The standard InChI is InChI=1S/C21H16F2N2O4/c1-11-12-5-3-7-16(27-2)19(12)29-18(11)20(26)25-14-8-9-15(28-21(22)23)17-13(14)6-4-10-24-17/h3-10,21H,1-2H3,(H,25,26). The van der Waals surface area contributed by atoms with Crippen LogP contribution in [0.15, 0.2) is 53.1 Å². The number of para-hydroxylation sites is 1. The van der Waals surface area contributed by atoms with E-state index in [4.69, 9.17) is 9.15 Å². The molecule has 6 nitrogen and oxygen atoms in total. The summed E-state index contributed by atoms with van der Waals surface area (Å²) in [6.45, 7) is -1.20. The summed E-state index contributed by atoms with van der Waals surface area (Å²) in [6.07, 6.45) is 1.46. The lowest BCUT2D eigenvalue weighted by molar-refractivity contribution is -0.0489. The van der Waals surface area contributed by atoms with E-state index in [1.807, 2.05) is 12.1 Å². The van der Waals surface area contributed by atoms with Gasteiger partial charge in [0.25, 0.3) is 5.91 Å². The van der Waals surface area contributed by atoms with Gasteiger partial charge in [0.15, 0.2) is 22.8 Å². The van der Waals surface area contributed by atoms with Crippen molar-refractivity contribution >= 4 is 33.5 Å². The lowest BCUT2D eigenvalue weighted by Crippen LogP contribution is -2.13. The monoisotopic (exact) mass is 398 g/mol. The Labute approximate surface area is 164 Å². The molecule has 0 saturated carbocycles. The highest BCUT2D eigenvalue weighted by Gasteiger charge is 2.21. The van der Waals surface area contributed by atoms with Crippen molar-refractivity contribution in [2.24, 2.45) is 0 Å². The van der Waals surface area contributed by atoms with Gasteiger partial charge in [-0.15, -0.1) is 0 Å². The van der Waals surface area contributed by atoms with E-state index in [9.17, 15) is 13.6 Å². The molecule has 8 heteroatoms. The molecule has 0 bridgehead atoms. The zero-order valence-corrected chi connectivity index (χ0v) is 15.5. The number of alkyl halides is 2. The smallest absolute Gasteiger partial charge is 0.387 e. The predicted octanol–water partition coefficient (Wildman–Crippen LogP) is 5.15. The minimum absolute atomic E-state index is 0.0711. The number of benzene rings is 2. The molecule has 2 heterocycles. The number of carbonyl (C=O) groups is 1. The third kappa shape index (κ3) is 3.33. The van der Waals surface area contributed by atoms with E-state index in [-0.39, 0.29) is 17.0 Å². The molecule has 1 amide bonds. The number of amides is 1. The molecule has 0 aliphatic rings. The number of nitrogens with zero attached hydrogens (tertiary/aromatic N) is 1. The van der Waals surface area contributed by atoms with Crippen LogP contribution in [0.25, 0.3) is 21.9 Å². The van der Waals surface area contributed by atoms with Crippen LogP contribution in [-0.4, -0.2) is 24.6 Å². The van der Waals surface area contributed by atoms with Gasteiger partial charge in [0.2, 0.25) is 0 Å². The molecule has 0 saturated heterocycles. The second-order valence-corrected chi connectivity index (χ2v) is 6.24. The van der Waals surface area contributed by atoms with Crippen molar-refractivity contribution in [2.45, 2.75) is 13.5 Å². The first-order chi connectivity index (χ1) is 14.0. The number of pyridine rings is 1. The largest absolute Gasteiger partial charge is 0.493 e. The SMILES string of the molecule is COc1cccc2c(C)c(C(=O)Nc3ccc(OC(F)F)c4ncccc34)oc12. The van der Waals surface area contributed by atoms with Gasteiger partial charge in [-0.2, -0.15) is 8.78 Å². The highest BCUT2D eigenvalue weighted by atomic mass is 19.3. The van der Waals surface area contributed by atoms with E-state index >= 15 is 0 Å². The third-order valence-electron chi connectivity index (χ3n) is 4.55. The van der Waals surface area contributed by atoms with Crippen molar-refractivity contribution in [2.75, 3.05) is 12.4 Å². The minimum Gasteiger partial charge on any atom is -0.493 e. The number of anilines is 1. The van der Waals surface area contributed by atoms with Crippen LogP contribution in [0.4, 0.5) is 14.5 Å². The van der Waals surface area contributed by atoms with E-state index in [1.54, 1.807) is 25.1 Å². The molecule has 148 valence electrons. The number of aromatic nitrogens is 1. The Morgan fingerprint density at radius 3 is 2.66 bits per heavy atom. The molecule has 0 spiro atoms. The van der Waals surface area contributed by atoms with Crippen LogP contribution in [0.5, 0.6) is 11.5 Å².